The molecule has 1 heterocycles. The van der Waals surface area contributed by atoms with Gasteiger partial charge in [-0.1, -0.05) is 17.3 Å². The van der Waals surface area contributed by atoms with E-state index in [1.165, 1.54) is 0 Å². The Kier molecular flexibility index (Phi) is 5.58. The van der Waals surface area contributed by atoms with E-state index in [-0.39, 0.29) is 0 Å². The second-order valence-electron chi connectivity index (χ2n) is 6.51. The van der Waals surface area contributed by atoms with Gasteiger partial charge in [-0.15, -0.1) is 5.10 Å². The minimum atomic E-state index is -0.771. The Bertz CT molecular complexity index is 1030. The molecule has 8 nitrogen and oxygen atoms in total. The lowest BCUT2D eigenvalue weighted by atomic mass is 10.1. The minimum Gasteiger partial charge on any atom is -0.481 e. The maximum absolute atomic E-state index is 12.3. The van der Waals surface area contributed by atoms with Gasteiger partial charge >= 0.3 is 0 Å². The average Bonchev–Trinajstić information content (AvgIpc) is 3.11. The smallest absolute Gasteiger partial charge is 0.279 e. The monoisotopic (exact) mass is 381 g/mol. The number of carbonyl (C=O) groups is 2. The van der Waals surface area contributed by atoms with Crippen molar-refractivity contribution >= 4 is 22.8 Å². The SMILES string of the molecule is CCn1nnc2cc(C(=O)NNC(=O)C(C)Oc3cccc(C)c3C)ccc21. The number of benzene rings is 2. The molecule has 0 radical (unpaired) electrons. The van der Waals surface area contributed by atoms with Crippen molar-refractivity contribution in [3.63, 3.8) is 0 Å². The molecule has 1 aromatic heterocycles. The summed E-state index contributed by atoms with van der Waals surface area (Å²) in [4.78, 5) is 24.6. The molecular formula is C20H23N5O3. The molecular weight excluding hydrogens is 358 g/mol. The topological polar surface area (TPSA) is 98.1 Å². The molecule has 0 aliphatic heterocycles. The van der Waals surface area contributed by atoms with Crippen LogP contribution in [-0.4, -0.2) is 32.9 Å². The molecule has 0 bridgehead atoms. The van der Waals surface area contributed by atoms with E-state index in [0.717, 1.165) is 16.6 Å². The second kappa shape index (κ2) is 8.08. The lowest BCUT2D eigenvalue weighted by Gasteiger charge is -2.17. The summed E-state index contributed by atoms with van der Waals surface area (Å²) < 4.78 is 7.46. The van der Waals surface area contributed by atoms with Crippen molar-refractivity contribution in [2.45, 2.75) is 40.3 Å². The van der Waals surface area contributed by atoms with Gasteiger partial charge in [-0.3, -0.25) is 20.4 Å². The van der Waals surface area contributed by atoms with Crippen LogP contribution in [0.2, 0.25) is 0 Å². The fraction of sp³-hybridized carbons (Fsp3) is 0.300. The average molecular weight is 381 g/mol. The second-order valence-corrected chi connectivity index (χ2v) is 6.51. The van der Waals surface area contributed by atoms with E-state index in [1.807, 2.05) is 39.0 Å². The number of aryl methyl sites for hydroxylation is 2. The number of nitrogens with zero attached hydrogens (tertiary/aromatic N) is 3. The predicted molar refractivity (Wildman–Crippen MR) is 105 cm³/mol. The number of hydrogen-bond donors (Lipinski definition) is 2. The molecule has 0 aliphatic carbocycles. The van der Waals surface area contributed by atoms with E-state index in [9.17, 15) is 9.59 Å². The highest BCUT2D eigenvalue weighted by Crippen LogP contribution is 2.21. The van der Waals surface area contributed by atoms with Crippen LogP contribution in [0.4, 0.5) is 0 Å². The summed E-state index contributed by atoms with van der Waals surface area (Å²) >= 11 is 0. The molecule has 2 aromatic carbocycles. The minimum absolute atomic E-state index is 0.374. The highest BCUT2D eigenvalue weighted by atomic mass is 16.5. The van der Waals surface area contributed by atoms with Gasteiger partial charge in [0.2, 0.25) is 0 Å². The molecule has 0 aliphatic rings. The number of hydrazine groups is 1. The lowest BCUT2D eigenvalue weighted by molar-refractivity contribution is -0.128. The Labute approximate surface area is 162 Å². The van der Waals surface area contributed by atoms with Crippen LogP contribution in [0.3, 0.4) is 0 Å². The van der Waals surface area contributed by atoms with Crippen molar-refractivity contribution in [1.29, 1.82) is 0 Å². The summed E-state index contributed by atoms with van der Waals surface area (Å²) in [7, 11) is 0. The third kappa shape index (κ3) is 3.95. The lowest BCUT2D eigenvalue weighted by Crippen LogP contribution is -2.47. The first-order valence-corrected chi connectivity index (χ1v) is 9.07. The Morgan fingerprint density at radius 3 is 2.71 bits per heavy atom. The standard InChI is InChI=1S/C20H23N5O3/c1-5-25-17-10-9-15(11-16(17)21-24-25)20(27)23-22-19(26)14(4)28-18-8-6-7-12(2)13(18)3/h6-11,14H,5H2,1-4H3,(H,22,26)(H,23,27). The molecule has 0 fully saturated rings. The van der Waals surface area contributed by atoms with E-state index in [4.69, 9.17) is 4.74 Å². The quantitative estimate of drug-likeness (QED) is 0.661. The van der Waals surface area contributed by atoms with E-state index >= 15 is 0 Å². The van der Waals surface area contributed by atoms with Gasteiger partial charge in [0.25, 0.3) is 11.8 Å². The van der Waals surface area contributed by atoms with Crippen LogP contribution < -0.4 is 15.6 Å². The zero-order valence-electron chi connectivity index (χ0n) is 16.3. The van der Waals surface area contributed by atoms with Crippen molar-refractivity contribution in [3.8, 4) is 5.75 Å². The van der Waals surface area contributed by atoms with Gasteiger partial charge in [-0.05, 0) is 63.1 Å². The van der Waals surface area contributed by atoms with Crippen LogP contribution in [-0.2, 0) is 11.3 Å². The van der Waals surface area contributed by atoms with E-state index < -0.39 is 17.9 Å². The van der Waals surface area contributed by atoms with Gasteiger partial charge in [0, 0.05) is 12.1 Å². The fourth-order valence-corrected chi connectivity index (χ4v) is 2.73. The van der Waals surface area contributed by atoms with Gasteiger partial charge in [0.1, 0.15) is 11.3 Å². The van der Waals surface area contributed by atoms with E-state index in [1.54, 1.807) is 29.8 Å². The molecule has 0 saturated heterocycles. The van der Waals surface area contributed by atoms with Gasteiger partial charge in [-0.2, -0.15) is 0 Å². The summed E-state index contributed by atoms with van der Waals surface area (Å²) in [6.07, 6.45) is -0.771. The Hall–Kier alpha value is -3.42. The van der Waals surface area contributed by atoms with E-state index in [2.05, 4.69) is 21.2 Å². The van der Waals surface area contributed by atoms with Crippen molar-refractivity contribution < 1.29 is 14.3 Å². The van der Waals surface area contributed by atoms with Crippen molar-refractivity contribution in [3.05, 3.63) is 53.1 Å². The van der Waals surface area contributed by atoms with Crippen LogP contribution in [0.15, 0.2) is 36.4 Å². The molecule has 1 atom stereocenters. The summed E-state index contributed by atoms with van der Waals surface area (Å²) in [6, 6.07) is 10.7. The molecule has 2 amide bonds. The van der Waals surface area contributed by atoms with E-state index in [0.29, 0.717) is 23.4 Å². The number of carbonyl (C=O) groups excluding carboxylic acids is 2. The summed E-state index contributed by atoms with van der Waals surface area (Å²) in [5.41, 5.74) is 8.69. The van der Waals surface area contributed by atoms with Crippen LogP contribution in [0.1, 0.15) is 35.3 Å². The first kappa shape index (κ1) is 19.3. The highest BCUT2D eigenvalue weighted by molar-refractivity contribution is 5.98. The molecule has 146 valence electrons. The van der Waals surface area contributed by atoms with Gasteiger partial charge in [-0.25, -0.2) is 4.68 Å². The van der Waals surface area contributed by atoms with Gasteiger partial charge < -0.3 is 4.74 Å². The third-order valence-electron chi connectivity index (χ3n) is 4.60. The predicted octanol–water partition coefficient (Wildman–Crippen LogP) is 2.30. The Morgan fingerprint density at radius 1 is 1.18 bits per heavy atom. The molecule has 28 heavy (non-hydrogen) atoms. The number of nitrogens with one attached hydrogen (secondary N) is 2. The fourth-order valence-electron chi connectivity index (χ4n) is 2.73. The number of hydrogen-bond acceptors (Lipinski definition) is 5. The maximum Gasteiger partial charge on any atom is 0.279 e. The zero-order chi connectivity index (χ0) is 20.3. The molecule has 3 rings (SSSR count). The first-order chi connectivity index (χ1) is 13.4. The van der Waals surface area contributed by atoms with Crippen LogP contribution in [0.25, 0.3) is 11.0 Å². The Balaban J connectivity index is 1.60. The molecule has 3 aromatic rings. The van der Waals surface area contributed by atoms with Crippen LogP contribution in [0.5, 0.6) is 5.75 Å². The third-order valence-corrected chi connectivity index (χ3v) is 4.60. The number of amides is 2. The molecule has 1 unspecified atom stereocenters. The van der Waals surface area contributed by atoms with Crippen molar-refractivity contribution in [1.82, 2.24) is 25.8 Å². The molecule has 0 saturated carbocycles. The number of aromatic nitrogens is 3. The summed E-state index contributed by atoms with van der Waals surface area (Å²) in [6.45, 7) is 8.19. The molecule has 0 spiro atoms. The molecule has 8 heteroatoms. The van der Waals surface area contributed by atoms with Gasteiger partial charge in [0.05, 0.1) is 5.52 Å². The summed E-state index contributed by atoms with van der Waals surface area (Å²) in [5.74, 6) is -0.258. The maximum atomic E-state index is 12.3. The molecule has 2 N–H and O–H groups in total. The van der Waals surface area contributed by atoms with Crippen LogP contribution in [0, 0.1) is 13.8 Å². The van der Waals surface area contributed by atoms with Gasteiger partial charge in [0.15, 0.2) is 6.10 Å². The summed E-state index contributed by atoms with van der Waals surface area (Å²) in [5, 5.41) is 8.06. The van der Waals surface area contributed by atoms with Crippen LogP contribution >= 0.6 is 0 Å². The number of ether oxygens (including phenoxy) is 1. The normalized spacial score (nSPS) is 11.9. The Morgan fingerprint density at radius 2 is 1.96 bits per heavy atom. The van der Waals surface area contributed by atoms with Crippen molar-refractivity contribution in [2.75, 3.05) is 0 Å². The largest absolute Gasteiger partial charge is 0.481 e. The highest BCUT2D eigenvalue weighted by Gasteiger charge is 2.17. The first-order valence-electron chi connectivity index (χ1n) is 9.07. The number of rotatable bonds is 5. The zero-order valence-corrected chi connectivity index (χ0v) is 16.3. The van der Waals surface area contributed by atoms with Crippen molar-refractivity contribution in [2.24, 2.45) is 0 Å². The number of fused-ring (bicyclic) bond motifs is 1.